The fourth-order valence-electron chi connectivity index (χ4n) is 5.64. The number of rotatable bonds is 9. The summed E-state index contributed by atoms with van der Waals surface area (Å²) in [6.45, 7) is 10.2. The molecule has 1 aliphatic rings. The molecule has 1 atom stereocenters. The van der Waals surface area contributed by atoms with E-state index in [-0.39, 0.29) is 17.9 Å². The minimum Gasteiger partial charge on any atom is -0.392 e. The molecule has 1 heterocycles. The standard InChI is InChI=1S/C33H45Cl2N5O3/c1-19-8-11-22(12-9-19)37-31(42)24-14-26-28(16-27(24)39(6)18-20(2)41)40(7)29(38-26)15-23-25(34)13-10-21(30(23)35)17-36-32(43)33(3,4)5/h10,13-14,16,19-20,22,41H,8-9,11-12,15,17-18H2,1-7H3,(H,36,43)(H,37,42). The van der Waals surface area contributed by atoms with Crippen molar-refractivity contribution in [3.05, 3.63) is 56.8 Å². The van der Waals surface area contributed by atoms with E-state index in [0.29, 0.717) is 46.6 Å². The number of benzene rings is 2. The number of imidazole rings is 1. The molecule has 3 N–H and O–H groups in total. The Morgan fingerprint density at radius 2 is 1.84 bits per heavy atom. The van der Waals surface area contributed by atoms with Gasteiger partial charge in [-0.3, -0.25) is 9.59 Å². The van der Waals surface area contributed by atoms with E-state index in [0.717, 1.165) is 53.8 Å². The maximum Gasteiger partial charge on any atom is 0.253 e. The summed E-state index contributed by atoms with van der Waals surface area (Å²) >= 11 is 13.5. The molecule has 0 spiro atoms. The van der Waals surface area contributed by atoms with Crippen LogP contribution in [-0.4, -0.2) is 52.2 Å². The second kappa shape index (κ2) is 13.4. The predicted molar refractivity (Wildman–Crippen MR) is 175 cm³/mol. The average molecular weight is 631 g/mol. The van der Waals surface area contributed by atoms with Gasteiger partial charge in [-0.25, -0.2) is 4.98 Å². The molecule has 0 bridgehead atoms. The summed E-state index contributed by atoms with van der Waals surface area (Å²) in [5, 5.41) is 17.3. The maximum absolute atomic E-state index is 13.6. The van der Waals surface area contributed by atoms with Crippen molar-refractivity contribution in [3.8, 4) is 0 Å². The molecule has 1 saturated carbocycles. The fraction of sp³-hybridized carbons (Fsp3) is 0.545. The van der Waals surface area contributed by atoms with Crippen molar-refractivity contribution in [2.75, 3.05) is 18.5 Å². The van der Waals surface area contributed by atoms with Crippen LogP contribution in [0.25, 0.3) is 11.0 Å². The van der Waals surface area contributed by atoms with Crippen molar-refractivity contribution < 1.29 is 14.7 Å². The van der Waals surface area contributed by atoms with Crippen LogP contribution in [0.2, 0.25) is 10.0 Å². The summed E-state index contributed by atoms with van der Waals surface area (Å²) in [6.07, 6.45) is 3.97. The summed E-state index contributed by atoms with van der Waals surface area (Å²) < 4.78 is 1.99. The minimum absolute atomic E-state index is 0.0651. The smallest absolute Gasteiger partial charge is 0.253 e. The lowest BCUT2D eigenvalue weighted by Crippen LogP contribution is -2.38. The fourth-order valence-corrected chi connectivity index (χ4v) is 6.21. The Balaban J connectivity index is 1.67. The van der Waals surface area contributed by atoms with E-state index in [9.17, 15) is 14.7 Å². The number of hydrogen-bond acceptors (Lipinski definition) is 5. The van der Waals surface area contributed by atoms with Gasteiger partial charge >= 0.3 is 0 Å². The normalized spacial score (nSPS) is 18.0. The zero-order valence-corrected chi connectivity index (χ0v) is 27.9. The van der Waals surface area contributed by atoms with Crippen molar-refractivity contribution in [1.29, 1.82) is 0 Å². The van der Waals surface area contributed by atoms with Crippen molar-refractivity contribution in [2.24, 2.45) is 18.4 Å². The van der Waals surface area contributed by atoms with Crippen LogP contribution in [-0.2, 0) is 24.8 Å². The SMILES string of the molecule is CC(O)CN(C)c1cc2c(cc1C(=O)NC1CCC(C)CC1)nc(Cc1c(Cl)ccc(CNC(=O)C(C)(C)C)c1Cl)n2C. The average Bonchev–Trinajstić information content (AvgIpc) is 3.24. The van der Waals surface area contributed by atoms with Gasteiger partial charge in [0.15, 0.2) is 0 Å². The molecule has 234 valence electrons. The Labute approximate surface area is 265 Å². The van der Waals surface area contributed by atoms with Crippen molar-refractivity contribution in [1.82, 2.24) is 20.2 Å². The molecule has 10 heteroatoms. The van der Waals surface area contributed by atoms with Crippen LogP contribution in [0.15, 0.2) is 24.3 Å². The van der Waals surface area contributed by atoms with E-state index < -0.39 is 11.5 Å². The van der Waals surface area contributed by atoms with E-state index in [1.807, 2.05) is 62.5 Å². The van der Waals surface area contributed by atoms with Gasteiger partial charge < -0.3 is 25.2 Å². The topological polar surface area (TPSA) is 99.5 Å². The van der Waals surface area contributed by atoms with E-state index in [1.165, 1.54) is 0 Å². The molecule has 1 aromatic heterocycles. The number of nitrogens with one attached hydrogen (secondary N) is 2. The van der Waals surface area contributed by atoms with Gasteiger partial charge in [-0.2, -0.15) is 0 Å². The van der Waals surface area contributed by atoms with Gasteiger partial charge in [0.1, 0.15) is 5.82 Å². The number of hydrogen-bond donors (Lipinski definition) is 3. The first-order valence-corrected chi connectivity index (χ1v) is 15.8. The monoisotopic (exact) mass is 629 g/mol. The summed E-state index contributed by atoms with van der Waals surface area (Å²) in [5.74, 6) is 1.23. The number of halogens is 2. The molecule has 2 aromatic carbocycles. The predicted octanol–water partition coefficient (Wildman–Crippen LogP) is 6.26. The molecule has 4 rings (SSSR count). The van der Waals surface area contributed by atoms with Gasteiger partial charge in [0.2, 0.25) is 5.91 Å². The van der Waals surface area contributed by atoms with Crippen LogP contribution in [0, 0.1) is 11.3 Å². The third kappa shape index (κ3) is 7.83. The number of anilines is 1. The quantitative estimate of drug-likeness (QED) is 0.259. The molecular weight excluding hydrogens is 585 g/mol. The molecule has 2 amide bonds. The molecular formula is C33H45Cl2N5O3. The number of nitrogens with zero attached hydrogens (tertiary/aromatic N) is 3. The summed E-state index contributed by atoms with van der Waals surface area (Å²) in [6, 6.07) is 7.58. The van der Waals surface area contributed by atoms with Crippen molar-refractivity contribution >= 4 is 51.7 Å². The largest absolute Gasteiger partial charge is 0.392 e. The van der Waals surface area contributed by atoms with Crippen LogP contribution in [0.5, 0.6) is 0 Å². The van der Waals surface area contributed by atoms with Gasteiger partial charge in [-0.05, 0) is 67.9 Å². The molecule has 0 aliphatic heterocycles. The second-order valence-corrected chi connectivity index (χ2v) is 14.0. The summed E-state index contributed by atoms with van der Waals surface area (Å²) in [4.78, 5) is 32.9. The number of amides is 2. The van der Waals surface area contributed by atoms with Gasteiger partial charge in [0, 0.05) is 50.1 Å². The van der Waals surface area contributed by atoms with E-state index in [1.54, 1.807) is 13.0 Å². The lowest BCUT2D eigenvalue weighted by Gasteiger charge is -2.28. The Hall–Kier alpha value is -2.81. The number of aryl methyl sites for hydroxylation is 1. The third-order valence-corrected chi connectivity index (χ3v) is 9.18. The highest BCUT2D eigenvalue weighted by Gasteiger charge is 2.25. The molecule has 1 unspecified atom stereocenters. The molecule has 1 aliphatic carbocycles. The van der Waals surface area contributed by atoms with E-state index in [4.69, 9.17) is 28.2 Å². The number of aliphatic hydroxyl groups is 1. The first kappa shape index (κ1) is 33.1. The number of aliphatic hydroxyl groups excluding tert-OH is 1. The Morgan fingerprint density at radius 1 is 1.16 bits per heavy atom. The first-order chi connectivity index (χ1) is 20.1. The van der Waals surface area contributed by atoms with Crippen LogP contribution < -0.4 is 15.5 Å². The molecule has 43 heavy (non-hydrogen) atoms. The Kier molecular flexibility index (Phi) is 10.4. The molecule has 1 fully saturated rings. The Morgan fingerprint density at radius 3 is 2.47 bits per heavy atom. The molecule has 0 saturated heterocycles. The third-order valence-electron chi connectivity index (χ3n) is 8.36. The summed E-state index contributed by atoms with van der Waals surface area (Å²) in [5.41, 5.74) is 3.79. The number of carbonyl (C=O) groups excluding carboxylic acids is 2. The molecule has 3 aromatic rings. The van der Waals surface area contributed by atoms with Gasteiger partial charge in [-0.1, -0.05) is 57.0 Å². The van der Waals surface area contributed by atoms with Crippen LogP contribution in [0.3, 0.4) is 0 Å². The molecule has 8 nitrogen and oxygen atoms in total. The van der Waals surface area contributed by atoms with Crippen molar-refractivity contribution in [2.45, 2.75) is 85.4 Å². The summed E-state index contributed by atoms with van der Waals surface area (Å²) in [7, 11) is 3.81. The highest BCUT2D eigenvalue weighted by molar-refractivity contribution is 6.36. The number of aromatic nitrogens is 2. The number of likely N-dealkylation sites (N-methyl/N-ethyl adjacent to an activating group) is 1. The highest BCUT2D eigenvalue weighted by Crippen LogP contribution is 2.33. The van der Waals surface area contributed by atoms with Crippen LogP contribution >= 0.6 is 23.2 Å². The van der Waals surface area contributed by atoms with Gasteiger partial charge in [-0.15, -0.1) is 0 Å². The Bertz CT molecular complexity index is 1490. The second-order valence-electron chi connectivity index (χ2n) is 13.2. The minimum atomic E-state index is -0.566. The molecule has 0 radical (unpaired) electrons. The van der Waals surface area contributed by atoms with Gasteiger partial charge in [0.25, 0.3) is 5.91 Å². The highest BCUT2D eigenvalue weighted by atomic mass is 35.5. The first-order valence-electron chi connectivity index (χ1n) is 15.1. The number of carbonyl (C=O) groups is 2. The lowest BCUT2D eigenvalue weighted by molar-refractivity contribution is -0.128. The van der Waals surface area contributed by atoms with E-state index >= 15 is 0 Å². The number of fused-ring (bicyclic) bond motifs is 1. The van der Waals surface area contributed by atoms with Crippen LogP contribution in [0.4, 0.5) is 5.69 Å². The van der Waals surface area contributed by atoms with Crippen molar-refractivity contribution in [3.63, 3.8) is 0 Å². The lowest BCUT2D eigenvalue weighted by atomic mass is 9.87. The zero-order valence-electron chi connectivity index (χ0n) is 26.4. The van der Waals surface area contributed by atoms with Gasteiger partial charge in [0.05, 0.1) is 33.4 Å². The van der Waals surface area contributed by atoms with E-state index in [2.05, 4.69) is 17.6 Å². The van der Waals surface area contributed by atoms with Crippen LogP contribution in [0.1, 0.15) is 87.6 Å². The zero-order chi connectivity index (χ0) is 31.6. The maximum atomic E-state index is 13.6.